The van der Waals surface area contributed by atoms with E-state index in [4.69, 9.17) is 4.74 Å². The van der Waals surface area contributed by atoms with E-state index in [2.05, 4.69) is 17.6 Å². The number of nitrogens with one attached hydrogen (secondary N) is 2. The molecule has 0 bridgehead atoms. The van der Waals surface area contributed by atoms with Gasteiger partial charge in [0.2, 0.25) is 0 Å². The number of ether oxygens (including phenoxy) is 1. The number of hydrogen-bond donors (Lipinski definition) is 2. The molecule has 94 valence electrons. The van der Waals surface area contributed by atoms with Gasteiger partial charge in [-0.15, -0.1) is 0 Å². The average molecular weight is 226 g/mol. The SMILES string of the molecule is CCC1(CNCC2COCC2NC)CCC1. The molecule has 2 fully saturated rings. The molecule has 3 nitrogen and oxygen atoms in total. The molecule has 3 heteroatoms. The Labute approximate surface area is 99.3 Å². The molecule has 0 aromatic rings. The Hall–Kier alpha value is -0.120. The lowest BCUT2D eigenvalue weighted by molar-refractivity contribution is 0.121. The van der Waals surface area contributed by atoms with Gasteiger partial charge >= 0.3 is 0 Å². The molecule has 1 aliphatic heterocycles. The highest BCUT2D eigenvalue weighted by Gasteiger charge is 2.35. The molecular formula is C13H26N2O. The van der Waals surface area contributed by atoms with E-state index in [0.29, 0.717) is 17.4 Å². The van der Waals surface area contributed by atoms with Gasteiger partial charge in [-0.2, -0.15) is 0 Å². The monoisotopic (exact) mass is 226 g/mol. The van der Waals surface area contributed by atoms with Crippen LogP contribution in [0.15, 0.2) is 0 Å². The summed E-state index contributed by atoms with van der Waals surface area (Å²) in [6.45, 7) is 6.43. The van der Waals surface area contributed by atoms with Gasteiger partial charge in [0.1, 0.15) is 0 Å². The van der Waals surface area contributed by atoms with Gasteiger partial charge in [-0.25, -0.2) is 0 Å². The Morgan fingerprint density at radius 3 is 2.69 bits per heavy atom. The van der Waals surface area contributed by atoms with Crippen molar-refractivity contribution in [1.29, 1.82) is 0 Å². The van der Waals surface area contributed by atoms with Gasteiger partial charge in [0.05, 0.1) is 13.2 Å². The van der Waals surface area contributed by atoms with Crippen molar-refractivity contribution in [3.05, 3.63) is 0 Å². The zero-order valence-electron chi connectivity index (χ0n) is 10.7. The third-order valence-corrected chi connectivity index (χ3v) is 4.64. The smallest absolute Gasteiger partial charge is 0.0623 e. The molecule has 16 heavy (non-hydrogen) atoms. The van der Waals surface area contributed by atoms with E-state index in [-0.39, 0.29) is 0 Å². The third-order valence-electron chi connectivity index (χ3n) is 4.64. The number of likely N-dealkylation sites (N-methyl/N-ethyl adjacent to an activating group) is 1. The van der Waals surface area contributed by atoms with Crippen LogP contribution in [0.4, 0.5) is 0 Å². The predicted molar refractivity (Wildman–Crippen MR) is 66.6 cm³/mol. The highest BCUT2D eigenvalue weighted by Crippen LogP contribution is 2.43. The lowest BCUT2D eigenvalue weighted by Crippen LogP contribution is -2.44. The van der Waals surface area contributed by atoms with Gasteiger partial charge in [-0.1, -0.05) is 13.3 Å². The largest absolute Gasteiger partial charge is 0.379 e. The Bertz CT molecular complexity index is 210. The first-order chi connectivity index (χ1) is 7.79. The first-order valence-corrected chi connectivity index (χ1v) is 6.75. The highest BCUT2D eigenvalue weighted by molar-refractivity contribution is 4.89. The van der Waals surface area contributed by atoms with Gasteiger partial charge < -0.3 is 15.4 Å². The summed E-state index contributed by atoms with van der Waals surface area (Å²) in [5, 5.41) is 7.00. The Morgan fingerprint density at radius 1 is 1.31 bits per heavy atom. The van der Waals surface area contributed by atoms with Gasteiger partial charge in [-0.05, 0) is 31.7 Å². The molecule has 2 atom stereocenters. The van der Waals surface area contributed by atoms with Crippen LogP contribution in [0.5, 0.6) is 0 Å². The summed E-state index contributed by atoms with van der Waals surface area (Å²) < 4.78 is 5.51. The van der Waals surface area contributed by atoms with Crippen LogP contribution in [0.25, 0.3) is 0 Å². The van der Waals surface area contributed by atoms with Crippen LogP contribution in [-0.2, 0) is 4.74 Å². The fraction of sp³-hybridized carbons (Fsp3) is 1.00. The van der Waals surface area contributed by atoms with Crippen LogP contribution in [0, 0.1) is 11.3 Å². The van der Waals surface area contributed by atoms with Crippen molar-refractivity contribution < 1.29 is 4.74 Å². The fourth-order valence-electron chi connectivity index (χ4n) is 2.97. The third kappa shape index (κ3) is 2.58. The molecule has 2 unspecified atom stereocenters. The van der Waals surface area contributed by atoms with Crippen molar-refractivity contribution in [1.82, 2.24) is 10.6 Å². The molecule has 2 aliphatic rings. The van der Waals surface area contributed by atoms with E-state index in [9.17, 15) is 0 Å². The number of rotatable bonds is 6. The summed E-state index contributed by atoms with van der Waals surface area (Å²) in [5.74, 6) is 0.652. The molecule has 0 amide bonds. The van der Waals surface area contributed by atoms with E-state index < -0.39 is 0 Å². The van der Waals surface area contributed by atoms with Crippen LogP contribution in [-0.4, -0.2) is 39.4 Å². The molecule has 1 aliphatic carbocycles. The van der Waals surface area contributed by atoms with E-state index in [1.54, 1.807) is 0 Å². The molecule has 2 N–H and O–H groups in total. The summed E-state index contributed by atoms with van der Waals surface area (Å²) in [6.07, 6.45) is 5.61. The van der Waals surface area contributed by atoms with Gasteiger partial charge in [0.25, 0.3) is 0 Å². The van der Waals surface area contributed by atoms with E-state index in [0.717, 1.165) is 19.8 Å². The van der Waals surface area contributed by atoms with Crippen LogP contribution in [0.3, 0.4) is 0 Å². The standard InChI is InChI=1S/C13H26N2O/c1-3-13(5-4-6-13)10-15-7-11-8-16-9-12(11)14-2/h11-12,14-15H,3-10H2,1-2H3. The molecule has 0 aromatic carbocycles. The van der Waals surface area contributed by atoms with Gasteiger partial charge in [0, 0.05) is 25.0 Å². The van der Waals surface area contributed by atoms with Crippen molar-refractivity contribution in [2.45, 2.75) is 38.6 Å². The minimum atomic E-state index is 0.548. The van der Waals surface area contributed by atoms with E-state index >= 15 is 0 Å². The van der Waals surface area contributed by atoms with Crippen LogP contribution >= 0.6 is 0 Å². The molecule has 0 aromatic heterocycles. The second-order valence-corrected chi connectivity index (χ2v) is 5.53. The molecule has 0 radical (unpaired) electrons. The van der Waals surface area contributed by atoms with Gasteiger partial charge in [-0.3, -0.25) is 0 Å². The molecule has 1 saturated heterocycles. The average Bonchev–Trinajstić information content (AvgIpc) is 2.69. The second kappa shape index (κ2) is 5.48. The molecule has 1 heterocycles. The fourth-order valence-corrected chi connectivity index (χ4v) is 2.97. The normalized spacial score (nSPS) is 32.6. The van der Waals surface area contributed by atoms with Crippen molar-refractivity contribution in [2.24, 2.45) is 11.3 Å². The summed E-state index contributed by atoms with van der Waals surface area (Å²) >= 11 is 0. The van der Waals surface area contributed by atoms with Crippen LogP contribution < -0.4 is 10.6 Å². The lowest BCUT2D eigenvalue weighted by atomic mass is 9.67. The zero-order chi connectivity index (χ0) is 11.4. The van der Waals surface area contributed by atoms with Gasteiger partial charge in [0.15, 0.2) is 0 Å². The maximum absolute atomic E-state index is 5.51. The maximum atomic E-state index is 5.51. The maximum Gasteiger partial charge on any atom is 0.0623 e. The van der Waals surface area contributed by atoms with Crippen molar-refractivity contribution in [3.63, 3.8) is 0 Å². The molecular weight excluding hydrogens is 200 g/mol. The molecule has 2 rings (SSSR count). The zero-order valence-corrected chi connectivity index (χ0v) is 10.7. The van der Waals surface area contributed by atoms with Crippen LogP contribution in [0.1, 0.15) is 32.6 Å². The van der Waals surface area contributed by atoms with Crippen molar-refractivity contribution >= 4 is 0 Å². The highest BCUT2D eigenvalue weighted by atomic mass is 16.5. The van der Waals surface area contributed by atoms with E-state index in [1.165, 1.54) is 32.2 Å². The topological polar surface area (TPSA) is 33.3 Å². The van der Waals surface area contributed by atoms with Crippen LogP contribution in [0.2, 0.25) is 0 Å². The summed E-state index contributed by atoms with van der Waals surface area (Å²) in [4.78, 5) is 0. The first kappa shape index (κ1) is 12.3. The van der Waals surface area contributed by atoms with E-state index in [1.807, 2.05) is 7.05 Å². The summed E-state index contributed by atoms with van der Waals surface area (Å²) in [6, 6.07) is 0.548. The minimum absolute atomic E-state index is 0.548. The quantitative estimate of drug-likeness (QED) is 0.718. The first-order valence-electron chi connectivity index (χ1n) is 6.75. The Morgan fingerprint density at radius 2 is 2.12 bits per heavy atom. The Balaban J connectivity index is 1.67. The number of hydrogen-bond acceptors (Lipinski definition) is 3. The van der Waals surface area contributed by atoms with Crippen molar-refractivity contribution in [3.8, 4) is 0 Å². The Kier molecular flexibility index (Phi) is 4.22. The summed E-state index contributed by atoms with van der Waals surface area (Å²) in [7, 11) is 2.03. The minimum Gasteiger partial charge on any atom is -0.379 e. The second-order valence-electron chi connectivity index (χ2n) is 5.53. The lowest BCUT2D eigenvalue weighted by Gasteiger charge is -2.41. The summed E-state index contributed by atoms with van der Waals surface area (Å²) in [5.41, 5.74) is 0.634. The predicted octanol–water partition coefficient (Wildman–Crippen LogP) is 1.39. The molecule has 0 spiro atoms. The molecule has 1 saturated carbocycles. The van der Waals surface area contributed by atoms with Crippen molar-refractivity contribution in [2.75, 3.05) is 33.4 Å².